The van der Waals surface area contributed by atoms with Crippen LogP contribution in [0.1, 0.15) is 26.3 Å². The Hall–Kier alpha value is -1.52. The number of carbonyl (C=O) groups is 2. The summed E-state index contributed by atoms with van der Waals surface area (Å²) in [5.74, 6) is -0.365. The molecule has 3 rings (SSSR count). The normalized spacial score (nSPS) is 13.9. The maximum Gasteiger partial charge on any atom is 0.197 e. The van der Waals surface area contributed by atoms with Crippen LogP contribution < -0.4 is 0 Å². The molecule has 88 valence electrons. The number of rotatable bonds is 1. The second kappa shape index (κ2) is 4.30. The van der Waals surface area contributed by atoms with Crippen molar-refractivity contribution in [2.45, 2.75) is 0 Å². The van der Waals surface area contributed by atoms with E-state index in [9.17, 15) is 9.59 Å². The molecule has 2 aromatic rings. The van der Waals surface area contributed by atoms with Gasteiger partial charge in [-0.2, -0.15) is 0 Å². The summed E-state index contributed by atoms with van der Waals surface area (Å²) in [6, 6.07) is 8.82. The fourth-order valence-electron chi connectivity index (χ4n) is 1.97. The Kier molecular flexibility index (Phi) is 2.76. The molecule has 1 heterocycles. The molecule has 4 heteroatoms. The van der Waals surface area contributed by atoms with Crippen LogP contribution >= 0.6 is 27.3 Å². The third-order valence-corrected chi connectivity index (χ3v) is 4.33. The second-order valence-electron chi connectivity index (χ2n) is 3.95. The van der Waals surface area contributed by atoms with Gasteiger partial charge in [0.2, 0.25) is 0 Å². The Bertz CT molecular complexity index is 660. The van der Waals surface area contributed by atoms with Crippen molar-refractivity contribution in [1.29, 1.82) is 0 Å². The van der Waals surface area contributed by atoms with E-state index in [0.717, 1.165) is 9.35 Å². The third-order valence-electron chi connectivity index (χ3n) is 2.80. The standard InChI is InChI=1S/C14H7BrO2S/c15-12-6-8(7-18-12)5-11-13(16)9-3-1-2-4-10(9)14(11)17/h1-7H. The molecule has 0 saturated heterocycles. The Morgan fingerprint density at radius 1 is 1.06 bits per heavy atom. The van der Waals surface area contributed by atoms with Crippen molar-refractivity contribution in [2.75, 3.05) is 0 Å². The molecule has 2 nitrogen and oxygen atoms in total. The molecule has 0 spiro atoms. The molecule has 1 aliphatic carbocycles. The Balaban J connectivity index is 2.10. The molecule has 0 unspecified atom stereocenters. The highest BCUT2D eigenvalue weighted by Crippen LogP contribution is 2.29. The van der Waals surface area contributed by atoms with Gasteiger partial charge in [0, 0.05) is 11.1 Å². The molecule has 0 aliphatic heterocycles. The van der Waals surface area contributed by atoms with E-state index in [0.29, 0.717) is 11.1 Å². The first-order valence-corrected chi connectivity index (χ1v) is 6.98. The number of halogens is 1. The number of benzene rings is 1. The monoisotopic (exact) mass is 318 g/mol. The summed E-state index contributed by atoms with van der Waals surface area (Å²) in [7, 11) is 0. The van der Waals surface area contributed by atoms with E-state index in [1.54, 1.807) is 30.3 Å². The summed E-state index contributed by atoms with van der Waals surface area (Å²) < 4.78 is 0.977. The van der Waals surface area contributed by atoms with E-state index in [2.05, 4.69) is 15.9 Å². The van der Waals surface area contributed by atoms with Gasteiger partial charge in [0.05, 0.1) is 9.36 Å². The predicted octanol–water partition coefficient (Wildman–Crippen LogP) is 3.97. The van der Waals surface area contributed by atoms with E-state index < -0.39 is 0 Å². The fraction of sp³-hybridized carbons (Fsp3) is 0. The van der Waals surface area contributed by atoms with Crippen LogP contribution in [0.4, 0.5) is 0 Å². The summed E-state index contributed by atoms with van der Waals surface area (Å²) in [6.45, 7) is 0. The molecular formula is C14H7BrO2S. The maximum absolute atomic E-state index is 12.1. The highest BCUT2D eigenvalue weighted by Gasteiger charge is 2.32. The topological polar surface area (TPSA) is 34.1 Å². The lowest BCUT2D eigenvalue weighted by Crippen LogP contribution is -1.99. The molecule has 0 N–H and O–H groups in total. The van der Waals surface area contributed by atoms with E-state index in [1.807, 2.05) is 11.4 Å². The van der Waals surface area contributed by atoms with Crippen LogP contribution in [-0.4, -0.2) is 11.6 Å². The summed E-state index contributed by atoms with van der Waals surface area (Å²) in [4.78, 5) is 24.2. The Labute approximate surface area is 116 Å². The van der Waals surface area contributed by atoms with E-state index in [-0.39, 0.29) is 17.1 Å². The SMILES string of the molecule is O=C1C(=Cc2csc(Br)c2)C(=O)c2ccccc21. The van der Waals surface area contributed by atoms with Crippen molar-refractivity contribution in [3.63, 3.8) is 0 Å². The third kappa shape index (κ3) is 1.78. The molecular weight excluding hydrogens is 312 g/mol. The number of allylic oxidation sites excluding steroid dienone is 1. The molecule has 0 amide bonds. The lowest BCUT2D eigenvalue weighted by atomic mass is 10.1. The van der Waals surface area contributed by atoms with E-state index in [4.69, 9.17) is 0 Å². The van der Waals surface area contributed by atoms with Gasteiger partial charge in [-0.3, -0.25) is 9.59 Å². The molecule has 1 aliphatic rings. The first-order chi connectivity index (χ1) is 8.66. The van der Waals surface area contributed by atoms with Gasteiger partial charge in [-0.05, 0) is 39.0 Å². The first-order valence-electron chi connectivity index (χ1n) is 5.31. The highest BCUT2D eigenvalue weighted by atomic mass is 79.9. The molecule has 0 saturated carbocycles. The lowest BCUT2D eigenvalue weighted by molar-refractivity contribution is 0.0990. The number of ketones is 2. The van der Waals surface area contributed by atoms with E-state index in [1.165, 1.54) is 11.3 Å². The molecule has 0 radical (unpaired) electrons. The number of carbonyl (C=O) groups excluding carboxylic acids is 2. The van der Waals surface area contributed by atoms with Crippen LogP contribution in [0.2, 0.25) is 0 Å². The zero-order valence-electron chi connectivity index (χ0n) is 9.14. The van der Waals surface area contributed by atoms with Crippen molar-refractivity contribution in [2.24, 2.45) is 0 Å². The number of hydrogen-bond donors (Lipinski definition) is 0. The number of Topliss-reactive ketones (excluding diaryl/α,β-unsaturated/α-hetero) is 2. The summed E-state index contributed by atoms with van der Waals surface area (Å²) >= 11 is 4.88. The van der Waals surface area contributed by atoms with Crippen LogP contribution in [0, 0.1) is 0 Å². The van der Waals surface area contributed by atoms with Gasteiger partial charge in [0.15, 0.2) is 11.6 Å². The molecule has 0 atom stereocenters. The number of thiophene rings is 1. The van der Waals surface area contributed by atoms with Crippen LogP contribution in [0.15, 0.2) is 45.1 Å². The van der Waals surface area contributed by atoms with Crippen molar-refractivity contribution in [3.05, 3.63) is 61.8 Å². The van der Waals surface area contributed by atoms with Gasteiger partial charge in [-0.1, -0.05) is 24.3 Å². The Morgan fingerprint density at radius 3 is 2.17 bits per heavy atom. The molecule has 0 bridgehead atoms. The molecule has 0 fully saturated rings. The second-order valence-corrected chi connectivity index (χ2v) is 6.24. The smallest absolute Gasteiger partial charge is 0.197 e. The summed E-state index contributed by atoms with van der Waals surface area (Å²) in [5.41, 5.74) is 2.13. The van der Waals surface area contributed by atoms with Gasteiger partial charge < -0.3 is 0 Å². The molecule has 1 aromatic heterocycles. The zero-order valence-corrected chi connectivity index (χ0v) is 11.5. The van der Waals surface area contributed by atoms with E-state index >= 15 is 0 Å². The lowest BCUT2D eigenvalue weighted by Gasteiger charge is -1.91. The van der Waals surface area contributed by atoms with Gasteiger partial charge in [-0.15, -0.1) is 11.3 Å². The van der Waals surface area contributed by atoms with Crippen molar-refractivity contribution in [3.8, 4) is 0 Å². The summed E-state index contributed by atoms with van der Waals surface area (Å²) in [5, 5.41) is 1.90. The minimum Gasteiger partial charge on any atom is -0.288 e. The fourth-order valence-corrected chi connectivity index (χ4v) is 3.10. The quantitative estimate of drug-likeness (QED) is 0.589. The van der Waals surface area contributed by atoms with Gasteiger partial charge in [0.25, 0.3) is 0 Å². The predicted molar refractivity (Wildman–Crippen MR) is 75.1 cm³/mol. The largest absolute Gasteiger partial charge is 0.288 e. The summed E-state index contributed by atoms with van der Waals surface area (Å²) in [6.07, 6.45) is 1.66. The maximum atomic E-state index is 12.1. The average molecular weight is 319 g/mol. The van der Waals surface area contributed by atoms with Crippen molar-refractivity contribution in [1.82, 2.24) is 0 Å². The van der Waals surface area contributed by atoms with Crippen molar-refractivity contribution < 1.29 is 9.59 Å². The molecule has 18 heavy (non-hydrogen) atoms. The first kappa shape index (κ1) is 11.6. The van der Waals surface area contributed by atoms with Crippen LogP contribution in [-0.2, 0) is 0 Å². The Morgan fingerprint density at radius 2 is 1.67 bits per heavy atom. The van der Waals surface area contributed by atoms with Gasteiger partial charge in [-0.25, -0.2) is 0 Å². The zero-order chi connectivity index (χ0) is 12.7. The number of hydrogen-bond acceptors (Lipinski definition) is 3. The number of fused-ring (bicyclic) bond motifs is 1. The van der Waals surface area contributed by atoms with Crippen molar-refractivity contribution >= 4 is 44.9 Å². The van der Waals surface area contributed by atoms with Gasteiger partial charge in [0.1, 0.15) is 0 Å². The van der Waals surface area contributed by atoms with Crippen LogP contribution in [0.5, 0.6) is 0 Å². The minimum atomic E-state index is -0.182. The average Bonchev–Trinajstić information content (AvgIpc) is 2.88. The molecule has 1 aromatic carbocycles. The van der Waals surface area contributed by atoms with Gasteiger partial charge >= 0.3 is 0 Å². The highest BCUT2D eigenvalue weighted by molar-refractivity contribution is 9.11. The van der Waals surface area contributed by atoms with Crippen LogP contribution in [0.25, 0.3) is 6.08 Å². The van der Waals surface area contributed by atoms with Crippen LogP contribution in [0.3, 0.4) is 0 Å². The minimum absolute atomic E-state index is 0.182.